The number of aromatic nitrogens is 3. The average molecular weight is 377 g/mol. The van der Waals surface area contributed by atoms with Crippen LogP contribution in [0, 0.1) is 0 Å². The molecule has 2 aromatic heterocycles. The maximum Gasteiger partial charge on any atom is 0.407 e. The van der Waals surface area contributed by atoms with E-state index in [1.54, 1.807) is 0 Å². The van der Waals surface area contributed by atoms with Crippen LogP contribution in [-0.2, 0) is 6.42 Å². The number of likely N-dealkylation sites (tertiary alicyclic amines) is 1. The van der Waals surface area contributed by atoms with Crippen molar-refractivity contribution in [3.05, 3.63) is 53.5 Å². The molecule has 8 nitrogen and oxygen atoms in total. The van der Waals surface area contributed by atoms with E-state index >= 15 is 0 Å². The molecule has 1 fully saturated rings. The summed E-state index contributed by atoms with van der Waals surface area (Å²) in [5.41, 5.74) is 2.79. The second-order valence-corrected chi connectivity index (χ2v) is 7.32. The number of carboxylic acid groups (broad SMARTS) is 1. The summed E-state index contributed by atoms with van der Waals surface area (Å²) >= 11 is 0. The zero-order chi connectivity index (χ0) is 19.3. The molecule has 2 aliphatic rings. The molecule has 2 N–H and O–H groups in total. The van der Waals surface area contributed by atoms with Crippen LogP contribution in [0.4, 0.5) is 10.6 Å². The molecule has 0 unspecified atom stereocenters. The van der Waals surface area contributed by atoms with Gasteiger partial charge >= 0.3 is 6.09 Å². The molecule has 2 aliphatic heterocycles. The van der Waals surface area contributed by atoms with Crippen LogP contribution < -0.4 is 5.32 Å². The van der Waals surface area contributed by atoms with Crippen LogP contribution in [0.1, 0.15) is 40.4 Å². The number of pyridine rings is 1. The standard InChI is InChI=1S/C20H19N5O3/c26-19-16-3-1-2-15-13(10-21-18(23-19)17(15)16)8-12-9-22-25(11-12)14-4-6-24(7-5-14)20(27)28/h1-3,9-11,14H,4-8H2,(H,27,28)(H,21,23,26). The number of hydrogen-bond acceptors (Lipinski definition) is 4. The normalized spacial score (nSPS) is 16.6. The van der Waals surface area contributed by atoms with Crippen LogP contribution >= 0.6 is 0 Å². The Hall–Kier alpha value is -3.42. The Morgan fingerprint density at radius 3 is 2.86 bits per heavy atom. The molecule has 0 radical (unpaired) electrons. The Morgan fingerprint density at radius 1 is 1.25 bits per heavy atom. The number of anilines is 1. The molecule has 0 aliphatic carbocycles. The molecule has 3 aromatic rings. The summed E-state index contributed by atoms with van der Waals surface area (Å²) in [5.74, 6) is 0.519. The van der Waals surface area contributed by atoms with Gasteiger partial charge in [-0.3, -0.25) is 9.48 Å². The first kappa shape index (κ1) is 16.7. The molecular formula is C20H19N5O3. The van der Waals surface area contributed by atoms with Gasteiger partial charge < -0.3 is 15.3 Å². The summed E-state index contributed by atoms with van der Waals surface area (Å²) in [6.07, 6.45) is 7.06. The number of amides is 2. The minimum Gasteiger partial charge on any atom is -0.465 e. The van der Waals surface area contributed by atoms with E-state index < -0.39 is 6.09 Å². The maximum absolute atomic E-state index is 12.1. The van der Waals surface area contributed by atoms with Gasteiger partial charge in [-0.25, -0.2) is 9.78 Å². The van der Waals surface area contributed by atoms with Crippen LogP contribution in [0.2, 0.25) is 0 Å². The lowest BCUT2D eigenvalue weighted by Crippen LogP contribution is -2.38. The maximum atomic E-state index is 12.1. The van der Waals surface area contributed by atoms with Gasteiger partial charge in [0.05, 0.1) is 17.8 Å². The van der Waals surface area contributed by atoms with E-state index in [1.807, 2.05) is 41.5 Å². The molecule has 0 saturated carbocycles. The van der Waals surface area contributed by atoms with E-state index in [0.717, 1.165) is 34.7 Å². The highest BCUT2D eigenvalue weighted by Gasteiger charge is 2.25. The van der Waals surface area contributed by atoms with Gasteiger partial charge in [-0.1, -0.05) is 12.1 Å². The summed E-state index contributed by atoms with van der Waals surface area (Å²) in [4.78, 5) is 29.0. The van der Waals surface area contributed by atoms with E-state index in [-0.39, 0.29) is 11.9 Å². The van der Waals surface area contributed by atoms with E-state index in [0.29, 0.717) is 30.9 Å². The fourth-order valence-corrected chi connectivity index (χ4v) is 4.16. The number of carbonyl (C=O) groups is 2. The van der Waals surface area contributed by atoms with Crippen molar-refractivity contribution >= 4 is 28.6 Å². The molecule has 5 rings (SSSR count). The number of rotatable bonds is 3. The highest BCUT2D eigenvalue weighted by atomic mass is 16.4. The van der Waals surface area contributed by atoms with Crippen molar-refractivity contribution < 1.29 is 14.7 Å². The summed E-state index contributed by atoms with van der Waals surface area (Å²) in [5, 5.41) is 18.3. The Morgan fingerprint density at radius 2 is 2.07 bits per heavy atom. The van der Waals surface area contributed by atoms with Crippen LogP contribution in [-0.4, -0.2) is 49.9 Å². The molecule has 1 saturated heterocycles. The fourth-order valence-electron chi connectivity index (χ4n) is 4.16. The van der Waals surface area contributed by atoms with Crippen molar-refractivity contribution in [3.8, 4) is 0 Å². The largest absolute Gasteiger partial charge is 0.465 e. The van der Waals surface area contributed by atoms with Crippen molar-refractivity contribution in [2.75, 3.05) is 18.4 Å². The van der Waals surface area contributed by atoms with Crippen LogP contribution in [0.15, 0.2) is 36.8 Å². The smallest absolute Gasteiger partial charge is 0.407 e. The Bertz CT molecular complexity index is 1100. The molecule has 1 aromatic carbocycles. The lowest BCUT2D eigenvalue weighted by atomic mass is 10.00. The zero-order valence-corrected chi connectivity index (χ0v) is 15.1. The third kappa shape index (κ3) is 2.69. The number of hydrogen-bond donors (Lipinski definition) is 2. The molecule has 4 heterocycles. The summed E-state index contributed by atoms with van der Waals surface area (Å²) in [7, 11) is 0. The van der Waals surface area contributed by atoms with E-state index in [1.165, 1.54) is 4.90 Å². The van der Waals surface area contributed by atoms with Gasteiger partial charge in [0, 0.05) is 37.3 Å². The predicted octanol–water partition coefficient (Wildman–Crippen LogP) is 2.90. The number of nitrogens with one attached hydrogen (secondary N) is 1. The van der Waals surface area contributed by atoms with Crippen LogP contribution in [0.25, 0.3) is 10.8 Å². The molecule has 2 amide bonds. The Kier molecular flexibility index (Phi) is 3.78. The van der Waals surface area contributed by atoms with Crippen molar-refractivity contribution in [3.63, 3.8) is 0 Å². The predicted molar refractivity (Wildman–Crippen MR) is 103 cm³/mol. The summed E-state index contributed by atoms with van der Waals surface area (Å²) < 4.78 is 1.95. The van der Waals surface area contributed by atoms with Gasteiger partial charge in [-0.2, -0.15) is 5.10 Å². The molecule has 0 atom stereocenters. The zero-order valence-electron chi connectivity index (χ0n) is 15.1. The fraction of sp³-hybridized carbons (Fsp3) is 0.300. The molecule has 142 valence electrons. The quantitative estimate of drug-likeness (QED) is 0.731. The number of piperidine rings is 1. The molecule has 0 spiro atoms. The molecular weight excluding hydrogens is 358 g/mol. The van der Waals surface area contributed by atoms with Crippen molar-refractivity contribution in [2.45, 2.75) is 25.3 Å². The first-order valence-electron chi connectivity index (χ1n) is 9.33. The third-order valence-corrected chi connectivity index (χ3v) is 5.63. The average Bonchev–Trinajstić information content (AvgIpc) is 3.30. The van der Waals surface area contributed by atoms with Gasteiger partial charge in [-0.05, 0) is 35.4 Å². The summed E-state index contributed by atoms with van der Waals surface area (Å²) in [6.45, 7) is 1.07. The van der Waals surface area contributed by atoms with Gasteiger partial charge in [-0.15, -0.1) is 0 Å². The summed E-state index contributed by atoms with van der Waals surface area (Å²) in [6, 6.07) is 5.96. The Balaban J connectivity index is 1.38. The van der Waals surface area contributed by atoms with Crippen molar-refractivity contribution in [1.82, 2.24) is 19.7 Å². The lowest BCUT2D eigenvalue weighted by molar-refractivity contribution is 0.103. The first-order valence-corrected chi connectivity index (χ1v) is 9.33. The van der Waals surface area contributed by atoms with Gasteiger partial charge in [0.15, 0.2) is 0 Å². The topological polar surface area (TPSA) is 100 Å². The third-order valence-electron chi connectivity index (χ3n) is 5.63. The van der Waals surface area contributed by atoms with Crippen molar-refractivity contribution in [1.29, 1.82) is 0 Å². The van der Waals surface area contributed by atoms with Crippen LogP contribution in [0.5, 0.6) is 0 Å². The highest BCUT2D eigenvalue weighted by Crippen LogP contribution is 2.34. The van der Waals surface area contributed by atoms with Gasteiger partial charge in [0.2, 0.25) is 0 Å². The minimum atomic E-state index is -0.855. The molecule has 0 bridgehead atoms. The SMILES string of the molecule is O=C1Nc2ncc(Cc3cnn(C4CCN(C(=O)O)CC4)c3)c3cccc1c23. The van der Waals surface area contributed by atoms with Crippen molar-refractivity contribution in [2.24, 2.45) is 0 Å². The van der Waals surface area contributed by atoms with E-state index in [2.05, 4.69) is 15.4 Å². The Labute approximate surface area is 160 Å². The van der Waals surface area contributed by atoms with Gasteiger partial charge in [0.25, 0.3) is 5.91 Å². The van der Waals surface area contributed by atoms with E-state index in [4.69, 9.17) is 5.11 Å². The van der Waals surface area contributed by atoms with Crippen LogP contribution in [0.3, 0.4) is 0 Å². The monoisotopic (exact) mass is 377 g/mol. The number of benzene rings is 1. The lowest BCUT2D eigenvalue weighted by Gasteiger charge is -2.30. The highest BCUT2D eigenvalue weighted by molar-refractivity contribution is 6.23. The minimum absolute atomic E-state index is 0.106. The first-order chi connectivity index (χ1) is 13.6. The second-order valence-electron chi connectivity index (χ2n) is 7.32. The van der Waals surface area contributed by atoms with Gasteiger partial charge in [0.1, 0.15) is 5.82 Å². The van der Waals surface area contributed by atoms with E-state index in [9.17, 15) is 9.59 Å². The molecule has 28 heavy (non-hydrogen) atoms. The number of nitrogens with zero attached hydrogens (tertiary/aromatic N) is 4. The number of carbonyl (C=O) groups excluding carboxylic acids is 1. The second kappa shape index (κ2) is 6.33. The molecule has 8 heteroatoms.